The molecule has 4 rings (SSSR count). The Labute approximate surface area is 219 Å². The highest BCUT2D eigenvalue weighted by Gasteiger charge is 2.38. The average Bonchev–Trinajstić information content (AvgIpc) is 3.56. The Morgan fingerprint density at radius 1 is 1.14 bits per heavy atom. The van der Waals surface area contributed by atoms with Crippen LogP contribution in [0.4, 0.5) is 5.69 Å². The van der Waals surface area contributed by atoms with Gasteiger partial charge in [-0.25, -0.2) is 0 Å². The molecule has 0 saturated heterocycles. The van der Waals surface area contributed by atoms with Crippen LogP contribution in [0.3, 0.4) is 0 Å². The van der Waals surface area contributed by atoms with Crippen molar-refractivity contribution in [1.82, 2.24) is 5.16 Å². The lowest BCUT2D eigenvalue weighted by atomic mass is 9.76. The Kier molecular flexibility index (Phi) is 8.76. The highest BCUT2D eigenvalue weighted by Crippen LogP contribution is 2.50. The normalized spacial score (nSPS) is 20.9. The third-order valence-corrected chi connectivity index (χ3v) is 8.03. The van der Waals surface area contributed by atoms with E-state index in [0.717, 1.165) is 54.5 Å². The lowest BCUT2D eigenvalue weighted by Crippen LogP contribution is -2.18. The van der Waals surface area contributed by atoms with Gasteiger partial charge in [-0.15, -0.1) is 0 Å². The molecule has 2 aromatic rings. The van der Waals surface area contributed by atoms with E-state index in [1.807, 2.05) is 19.1 Å². The van der Waals surface area contributed by atoms with Gasteiger partial charge in [-0.2, -0.15) is 0 Å². The Bertz CT molecular complexity index is 1070. The van der Waals surface area contributed by atoms with Crippen LogP contribution in [0.5, 0.6) is 0 Å². The smallest absolute Gasteiger partial charge is 0.303 e. The molecule has 1 amide bonds. The van der Waals surface area contributed by atoms with E-state index < -0.39 is 5.97 Å². The van der Waals surface area contributed by atoms with Gasteiger partial charge in [0, 0.05) is 30.2 Å². The van der Waals surface area contributed by atoms with E-state index in [4.69, 9.17) is 16.1 Å². The summed E-state index contributed by atoms with van der Waals surface area (Å²) in [4.78, 5) is 24.4. The van der Waals surface area contributed by atoms with Gasteiger partial charge in [0.05, 0.1) is 16.4 Å². The number of rotatable bonds is 11. The first kappa shape index (κ1) is 26.7. The predicted octanol–water partition coefficient (Wildman–Crippen LogP) is 7.81. The van der Waals surface area contributed by atoms with Crippen molar-refractivity contribution in [3.63, 3.8) is 0 Å². The van der Waals surface area contributed by atoms with Crippen molar-refractivity contribution < 1.29 is 19.2 Å². The van der Waals surface area contributed by atoms with E-state index >= 15 is 0 Å². The van der Waals surface area contributed by atoms with Gasteiger partial charge in [-0.1, -0.05) is 36.7 Å². The Hall–Kier alpha value is -2.34. The summed E-state index contributed by atoms with van der Waals surface area (Å²) >= 11 is 6.31. The second-order valence-corrected chi connectivity index (χ2v) is 11.7. The summed E-state index contributed by atoms with van der Waals surface area (Å²) in [6, 6.07) is 5.50. The summed E-state index contributed by atoms with van der Waals surface area (Å²) < 4.78 is 6.02. The predicted molar refractivity (Wildman–Crippen MR) is 142 cm³/mol. The zero-order valence-corrected chi connectivity index (χ0v) is 22.4. The van der Waals surface area contributed by atoms with E-state index in [-0.39, 0.29) is 24.7 Å². The number of aliphatic carboxylic acids is 1. The highest BCUT2D eigenvalue weighted by atomic mass is 35.5. The molecule has 2 N–H and O–H groups in total. The summed E-state index contributed by atoms with van der Waals surface area (Å²) in [5.41, 5.74) is 3.53. The number of nitrogens with one attached hydrogen (secondary N) is 1. The molecule has 1 aromatic heterocycles. The number of carbonyl (C=O) groups is 2. The number of carboxylic acids is 1. The summed E-state index contributed by atoms with van der Waals surface area (Å²) in [7, 11) is 0. The minimum absolute atomic E-state index is 0.0180. The van der Waals surface area contributed by atoms with Crippen molar-refractivity contribution in [1.29, 1.82) is 0 Å². The quantitative estimate of drug-likeness (QED) is 0.319. The maximum Gasteiger partial charge on any atom is 0.303 e. The van der Waals surface area contributed by atoms with Crippen LogP contribution in [-0.4, -0.2) is 22.1 Å². The molecule has 0 aliphatic heterocycles. The number of carbonyl (C=O) groups excluding carboxylic acids is 1. The van der Waals surface area contributed by atoms with Crippen LogP contribution >= 0.6 is 11.6 Å². The molecule has 196 valence electrons. The van der Waals surface area contributed by atoms with Gasteiger partial charge in [0.25, 0.3) is 0 Å². The number of benzene rings is 1. The Morgan fingerprint density at radius 2 is 1.83 bits per heavy atom. The molecule has 7 heteroatoms. The maximum atomic E-state index is 13.0. The number of carboxylic acid groups (broad SMARTS) is 1. The van der Waals surface area contributed by atoms with E-state index in [1.165, 1.54) is 24.8 Å². The molecule has 1 aromatic carbocycles. The van der Waals surface area contributed by atoms with Crippen LogP contribution < -0.4 is 5.32 Å². The molecule has 0 unspecified atom stereocenters. The highest BCUT2D eigenvalue weighted by molar-refractivity contribution is 6.33. The van der Waals surface area contributed by atoms with E-state index in [1.54, 1.807) is 6.07 Å². The van der Waals surface area contributed by atoms with Gasteiger partial charge >= 0.3 is 5.97 Å². The number of aryl methyl sites for hydroxylation is 1. The third-order valence-electron chi connectivity index (χ3n) is 7.72. The number of hydrogen-bond donors (Lipinski definition) is 2. The van der Waals surface area contributed by atoms with Crippen molar-refractivity contribution in [3.05, 3.63) is 45.8 Å². The van der Waals surface area contributed by atoms with E-state index in [0.29, 0.717) is 29.0 Å². The summed E-state index contributed by atoms with van der Waals surface area (Å²) in [6.45, 7) is 6.53. The molecule has 2 saturated carbocycles. The fraction of sp³-hybridized carbons (Fsp3) is 0.621. The second-order valence-electron chi connectivity index (χ2n) is 11.3. The molecule has 36 heavy (non-hydrogen) atoms. The lowest BCUT2D eigenvalue weighted by Gasteiger charge is -2.28. The summed E-state index contributed by atoms with van der Waals surface area (Å²) in [5.74, 6) is 1.91. The van der Waals surface area contributed by atoms with Crippen LogP contribution in [0.1, 0.15) is 118 Å². The van der Waals surface area contributed by atoms with E-state index in [9.17, 15) is 14.7 Å². The van der Waals surface area contributed by atoms with Gasteiger partial charge in [0.2, 0.25) is 5.91 Å². The molecule has 0 radical (unpaired) electrons. The van der Waals surface area contributed by atoms with Crippen molar-refractivity contribution in [2.24, 2.45) is 11.8 Å². The number of hydrogen-bond acceptors (Lipinski definition) is 4. The number of amides is 1. The third kappa shape index (κ3) is 6.90. The van der Waals surface area contributed by atoms with Crippen molar-refractivity contribution in [2.75, 3.05) is 5.32 Å². The van der Waals surface area contributed by atoms with Gasteiger partial charge < -0.3 is 14.9 Å². The van der Waals surface area contributed by atoms with Gasteiger partial charge in [0.15, 0.2) is 0 Å². The fourth-order valence-electron chi connectivity index (χ4n) is 5.80. The SMILES string of the molecule is Cc1ccc(NC(=O)C[C@@H](CCC(=O)O)c2noc(C3CCC(CC(C)C)CC3)c2C2CC2)c(Cl)c1. The molecular weight excluding hydrogens is 476 g/mol. The minimum atomic E-state index is -0.873. The van der Waals surface area contributed by atoms with Gasteiger partial charge in [0.1, 0.15) is 5.76 Å². The number of nitrogens with zero attached hydrogens (tertiary/aromatic N) is 1. The first-order valence-corrected chi connectivity index (χ1v) is 13.9. The average molecular weight is 515 g/mol. The summed E-state index contributed by atoms with van der Waals surface area (Å²) in [6.07, 6.45) is 8.59. The lowest BCUT2D eigenvalue weighted by molar-refractivity contribution is -0.137. The van der Waals surface area contributed by atoms with E-state index in [2.05, 4.69) is 24.3 Å². The maximum absolute atomic E-state index is 13.0. The van der Waals surface area contributed by atoms with Crippen LogP contribution in [0, 0.1) is 18.8 Å². The number of halogens is 1. The molecule has 6 nitrogen and oxygen atoms in total. The molecule has 2 fully saturated rings. The van der Waals surface area contributed by atoms with Gasteiger partial charge in [-0.05, 0) is 93.7 Å². The topological polar surface area (TPSA) is 92.4 Å². The van der Waals surface area contributed by atoms with Crippen molar-refractivity contribution in [2.45, 2.75) is 103 Å². The monoisotopic (exact) mass is 514 g/mol. The minimum Gasteiger partial charge on any atom is -0.481 e. The molecule has 1 atom stereocenters. The Morgan fingerprint density at radius 3 is 2.44 bits per heavy atom. The van der Waals surface area contributed by atoms with Crippen molar-refractivity contribution >= 4 is 29.2 Å². The second kappa shape index (κ2) is 11.8. The number of anilines is 1. The molecule has 0 bridgehead atoms. The van der Waals surface area contributed by atoms with Crippen molar-refractivity contribution in [3.8, 4) is 0 Å². The van der Waals surface area contributed by atoms with Crippen LogP contribution in [0.15, 0.2) is 22.7 Å². The molecule has 1 heterocycles. The zero-order valence-electron chi connectivity index (χ0n) is 21.7. The molecule has 2 aliphatic carbocycles. The summed E-state index contributed by atoms with van der Waals surface area (Å²) in [5, 5.41) is 17.3. The fourth-order valence-corrected chi connectivity index (χ4v) is 6.08. The van der Waals surface area contributed by atoms with Crippen LogP contribution in [0.2, 0.25) is 5.02 Å². The van der Waals surface area contributed by atoms with Gasteiger partial charge in [-0.3, -0.25) is 9.59 Å². The number of aromatic nitrogens is 1. The Balaban J connectivity index is 1.52. The van der Waals surface area contributed by atoms with Crippen LogP contribution in [0.25, 0.3) is 0 Å². The molecule has 2 aliphatic rings. The largest absolute Gasteiger partial charge is 0.481 e. The zero-order chi connectivity index (χ0) is 25.8. The standard InChI is InChI=1S/C29H39ClN2O4/c1-17(2)14-19-5-7-21(8-6-19)29-27(20-9-10-20)28(32-36-29)22(11-13-26(34)35)16-25(33)31-24-12-4-18(3)15-23(24)30/h4,12,15,17,19-22H,5-11,13-14,16H2,1-3H3,(H,31,33)(H,34,35)/t19?,21?,22-/m1/s1. The first-order chi connectivity index (χ1) is 17.2. The molecule has 0 spiro atoms. The first-order valence-electron chi connectivity index (χ1n) is 13.5. The van der Waals surface area contributed by atoms with Crippen LogP contribution in [-0.2, 0) is 9.59 Å². The molecular formula is C29H39ClN2O4.